The summed E-state index contributed by atoms with van der Waals surface area (Å²) in [6.07, 6.45) is -0.789. The summed E-state index contributed by atoms with van der Waals surface area (Å²) in [5.41, 5.74) is 7.97. The average molecular weight is 683 g/mol. The largest absolute Gasteiger partial charge is 0.497 e. The summed E-state index contributed by atoms with van der Waals surface area (Å²) < 4.78 is 21.4. The highest BCUT2D eigenvalue weighted by Crippen LogP contribution is 2.37. The highest BCUT2D eigenvalue weighted by molar-refractivity contribution is 6.04. The quantitative estimate of drug-likeness (QED) is 0.442. The molecule has 0 saturated carbocycles. The fourth-order valence-electron chi connectivity index (χ4n) is 5.80. The van der Waals surface area contributed by atoms with Crippen LogP contribution < -0.4 is 30.3 Å². The Morgan fingerprint density at radius 1 is 0.755 bits per heavy atom. The van der Waals surface area contributed by atoms with E-state index in [2.05, 4.69) is 5.32 Å². The molecule has 2 atom stereocenters. The number of nitrogens with one attached hydrogen (secondary N) is 1. The minimum Gasteiger partial charge on any atom is -0.497 e. The molecular weight excluding hydrogens is 632 g/mol. The van der Waals surface area contributed by atoms with Gasteiger partial charge in [-0.3, -0.25) is 9.59 Å². The topological polar surface area (TPSA) is 156 Å². The van der Waals surface area contributed by atoms with E-state index in [-0.39, 0.29) is 24.3 Å². The van der Waals surface area contributed by atoms with Gasteiger partial charge in [0.15, 0.2) is 5.78 Å². The third-order valence-electron chi connectivity index (χ3n) is 8.16. The molecule has 2 unspecified atom stereocenters. The van der Waals surface area contributed by atoms with Gasteiger partial charge < -0.3 is 49.6 Å². The molecule has 0 spiro atoms. The molecular formula is C35H50N6O8. The van der Waals surface area contributed by atoms with E-state index in [1.165, 1.54) is 6.92 Å². The number of methoxy groups -OCH3 is 2. The van der Waals surface area contributed by atoms with Gasteiger partial charge in [-0.1, -0.05) is 0 Å². The van der Waals surface area contributed by atoms with Gasteiger partial charge >= 0.3 is 12.2 Å². The van der Waals surface area contributed by atoms with Crippen LogP contribution in [0, 0.1) is 0 Å². The molecule has 3 aliphatic heterocycles. The number of hydrogen-bond donors (Lipinski definition) is 2. The number of anilines is 4. The van der Waals surface area contributed by atoms with E-state index in [4.69, 9.17) is 24.7 Å². The Hall–Kier alpha value is -4.88. The summed E-state index contributed by atoms with van der Waals surface area (Å²) in [7, 11) is 3.19. The van der Waals surface area contributed by atoms with Crippen molar-refractivity contribution in [3.8, 4) is 11.5 Å². The van der Waals surface area contributed by atoms with E-state index in [1.807, 2.05) is 75.6 Å². The van der Waals surface area contributed by atoms with Crippen molar-refractivity contribution < 1.29 is 38.1 Å². The highest BCUT2D eigenvalue weighted by Gasteiger charge is 2.40. The molecule has 3 amide bonds. The van der Waals surface area contributed by atoms with Crippen LogP contribution in [0.3, 0.4) is 0 Å². The first-order valence-electron chi connectivity index (χ1n) is 16.3. The second kappa shape index (κ2) is 14.7. The monoisotopic (exact) mass is 682 g/mol. The number of Topliss-reactive ketones (excluding diaryl/α,β-unsaturated/α-hetero) is 1. The van der Waals surface area contributed by atoms with Crippen molar-refractivity contribution in [2.24, 2.45) is 0 Å². The van der Waals surface area contributed by atoms with Crippen molar-refractivity contribution in [1.82, 2.24) is 9.80 Å². The molecule has 0 bridgehead atoms. The Kier molecular flexibility index (Phi) is 11.1. The van der Waals surface area contributed by atoms with Crippen LogP contribution in [0.1, 0.15) is 48.5 Å². The van der Waals surface area contributed by atoms with Gasteiger partial charge in [-0.15, -0.1) is 0 Å². The van der Waals surface area contributed by atoms with E-state index >= 15 is 0 Å². The number of piperazine rings is 2. The van der Waals surface area contributed by atoms with Gasteiger partial charge in [0.05, 0.1) is 50.1 Å². The number of nitrogens with two attached hydrogens (primary N) is 1. The maximum atomic E-state index is 12.4. The molecule has 2 aromatic carbocycles. The number of ether oxygens (including phenoxy) is 4. The summed E-state index contributed by atoms with van der Waals surface area (Å²) in [5, 5.41) is 2.90. The lowest BCUT2D eigenvalue weighted by Gasteiger charge is -2.45. The molecule has 5 rings (SSSR count). The second-order valence-corrected chi connectivity index (χ2v) is 14.2. The lowest BCUT2D eigenvalue weighted by atomic mass is 10.0. The van der Waals surface area contributed by atoms with Gasteiger partial charge in [0.25, 0.3) is 0 Å². The Labute approximate surface area is 288 Å². The zero-order valence-electron chi connectivity index (χ0n) is 30.0. The van der Waals surface area contributed by atoms with Crippen molar-refractivity contribution >= 4 is 46.6 Å². The van der Waals surface area contributed by atoms with Crippen molar-refractivity contribution in [1.29, 1.82) is 0 Å². The van der Waals surface area contributed by atoms with Gasteiger partial charge in [0.2, 0.25) is 5.91 Å². The first kappa shape index (κ1) is 36.9. The van der Waals surface area contributed by atoms with Crippen LogP contribution in [-0.4, -0.2) is 110 Å². The average Bonchev–Trinajstić information content (AvgIpc) is 3.03. The Morgan fingerprint density at radius 3 is 1.80 bits per heavy atom. The molecule has 0 radical (unpaired) electrons. The maximum Gasteiger partial charge on any atom is 0.410 e. The molecule has 2 aromatic rings. The van der Waals surface area contributed by atoms with Crippen molar-refractivity contribution in [2.75, 3.05) is 74.3 Å². The molecule has 0 aromatic heterocycles. The third-order valence-corrected chi connectivity index (χ3v) is 8.16. The van der Waals surface area contributed by atoms with Crippen LogP contribution >= 0.6 is 0 Å². The summed E-state index contributed by atoms with van der Waals surface area (Å²) >= 11 is 0. The number of fused-ring (bicyclic) bond motifs is 3. The molecule has 0 aliphatic carbocycles. The zero-order chi connectivity index (χ0) is 36.3. The van der Waals surface area contributed by atoms with E-state index in [0.29, 0.717) is 44.2 Å². The van der Waals surface area contributed by atoms with Crippen LogP contribution in [-0.2, 0) is 19.1 Å². The second-order valence-electron chi connectivity index (χ2n) is 14.2. The van der Waals surface area contributed by atoms with Gasteiger partial charge in [-0.05, 0) is 72.7 Å². The summed E-state index contributed by atoms with van der Waals surface area (Å²) in [6.45, 7) is 15.1. The van der Waals surface area contributed by atoms with Crippen LogP contribution in [0.25, 0.3) is 0 Å². The maximum absolute atomic E-state index is 12.4. The van der Waals surface area contributed by atoms with E-state index in [9.17, 15) is 19.2 Å². The van der Waals surface area contributed by atoms with E-state index < -0.39 is 29.4 Å². The van der Waals surface area contributed by atoms with Crippen molar-refractivity contribution in [3.63, 3.8) is 0 Å². The number of nitrogens with zero attached hydrogens (tertiary/aromatic N) is 4. The molecule has 3 aliphatic rings. The third kappa shape index (κ3) is 9.18. The molecule has 14 heteroatoms. The Morgan fingerprint density at radius 2 is 1.27 bits per heavy atom. The molecule has 268 valence electrons. The molecule has 49 heavy (non-hydrogen) atoms. The molecule has 3 heterocycles. The molecule has 14 nitrogen and oxygen atoms in total. The van der Waals surface area contributed by atoms with Gasteiger partial charge in [0, 0.05) is 38.3 Å². The number of ketones is 1. The van der Waals surface area contributed by atoms with Gasteiger partial charge in [-0.25, -0.2) is 9.59 Å². The van der Waals surface area contributed by atoms with Crippen LogP contribution in [0.5, 0.6) is 11.5 Å². The number of nitrogen functional groups attached to an aromatic ring is 1. The number of carbonyl (C=O) groups is 4. The standard InChI is InChI=1S/C18H27N3O4.C17H23N3O4/c1-12(22)16-11-20(17(23)25-18(2,3)4)8-9-21(16)15-10-13(24-5)6-7-14(15)19;1-17(2,3)24-16(22)19-7-8-20-13-9-11(23-4)5-6-12(13)18-15(21)14(20)10-19/h6-7,10,16H,8-9,11,19H2,1-5H3;5-6,9,14H,7-8,10H2,1-4H3,(H,18,21). The van der Waals surface area contributed by atoms with Gasteiger partial charge in [0.1, 0.15) is 34.8 Å². The van der Waals surface area contributed by atoms with Crippen molar-refractivity contribution in [3.05, 3.63) is 36.4 Å². The number of carbonyl (C=O) groups excluding carboxylic acids is 4. The van der Waals surface area contributed by atoms with E-state index in [1.54, 1.807) is 36.2 Å². The number of benzene rings is 2. The lowest BCUT2D eigenvalue weighted by Crippen LogP contribution is -2.61. The molecule has 3 N–H and O–H groups in total. The minimum atomic E-state index is -0.572. The first-order chi connectivity index (χ1) is 22.9. The smallest absolute Gasteiger partial charge is 0.410 e. The number of amides is 3. The van der Waals surface area contributed by atoms with Gasteiger partial charge in [-0.2, -0.15) is 0 Å². The summed E-state index contributed by atoms with van der Waals surface area (Å²) in [6, 6.07) is 10.0. The highest BCUT2D eigenvalue weighted by atomic mass is 16.6. The predicted molar refractivity (Wildman–Crippen MR) is 188 cm³/mol. The fraction of sp³-hybridized carbons (Fsp3) is 0.543. The van der Waals surface area contributed by atoms with Crippen LogP contribution in [0.2, 0.25) is 0 Å². The predicted octanol–water partition coefficient (Wildman–Crippen LogP) is 4.37. The zero-order valence-corrected chi connectivity index (χ0v) is 30.0. The summed E-state index contributed by atoms with van der Waals surface area (Å²) in [5.74, 6) is 1.26. The van der Waals surface area contributed by atoms with Crippen LogP contribution in [0.4, 0.5) is 32.3 Å². The fourth-order valence-corrected chi connectivity index (χ4v) is 5.80. The number of rotatable bonds is 4. The SMILES string of the molecule is COc1ccc(N)c(N2CCN(C(=O)OC(C)(C)C)CC2C(C)=O)c1.COc1ccc2c(c1)N1CCN(C(=O)OC(C)(C)C)CC1C(=O)N2. The Balaban J connectivity index is 0.000000221. The molecule has 2 saturated heterocycles. The number of hydrogen-bond acceptors (Lipinski definition) is 11. The normalized spacial score (nSPS) is 19.0. The molecule has 2 fully saturated rings. The van der Waals surface area contributed by atoms with Crippen molar-refractivity contribution in [2.45, 2.75) is 71.8 Å². The lowest BCUT2D eigenvalue weighted by molar-refractivity contribution is -0.119. The first-order valence-corrected chi connectivity index (χ1v) is 16.3. The van der Waals surface area contributed by atoms with E-state index in [0.717, 1.165) is 22.8 Å². The van der Waals surface area contributed by atoms with Crippen LogP contribution in [0.15, 0.2) is 36.4 Å². The Bertz CT molecular complexity index is 1550. The minimum absolute atomic E-state index is 0.0320. The summed E-state index contributed by atoms with van der Waals surface area (Å²) in [4.78, 5) is 56.4.